The molecule has 27 heavy (non-hydrogen) atoms. The van der Waals surface area contributed by atoms with Crippen LogP contribution in [0.25, 0.3) is 10.1 Å². The quantitative estimate of drug-likeness (QED) is 0.434. The third-order valence-electron chi connectivity index (χ3n) is 5.84. The number of benzene rings is 1. The van der Waals surface area contributed by atoms with Crippen LogP contribution in [-0.2, 0) is 4.74 Å². The number of carbonyl (C=O) groups is 1. The lowest BCUT2D eigenvalue weighted by atomic mass is 9.63. The Morgan fingerprint density at radius 3 is 2.56 bits per heavy atom. The Balaban J connectivity index is 1.98. The van der Waals surface area contributed by atoms with Crippen LogP contribution in [-0.4, -0.2) is 12.6 Å². The van der Waals surface area contributed by atoms with Crippen LogP contribution in [0, 0.1) is 22.7 Å². The fourth-order valence-electron chi connectivity index (χ4n) is 3.65. The van der Waals surface area contributed by atoms with Gasteiger partial charge < -0.3 is 4.74 Å². The zero-order chi connectivity index (χ0) is 19.8. The zero-order valence-corrected chi connectivity index (χ0v) is 18.0. The number of carbonyl (C=O) groups excluding carboxylic acids is 1. The second-order valence-electron chi connectivity index (χ2n) is 8.60. The van der Waals surface area contributed by atoms with E-state index in [0.29, 0.717) is 12.2 Å². The minimum absolute atomic E-state index is 0.122. The maximum absolute atomic E-state index is 12.1. The molecule has 1 aliphatic carbocycles. The van der Waals surface area contributed by atoms with Crippen molar-refractivity contribution < 1.29 is 9.53 Å². The fourth-order valence-corrected chi connectivity index (χ4v) is 4.62. The van der Waals surface area contributed by atoms with Crippen molar-refractivity contribution in [1.82, 2.24) is 0 Å². The normalized spacial score (nSPS) is 18.1. The van der Waals surface area contributed by atoms with E-state index in [1.807, 2.05) is 24.4 Å². The third-order valence-corrected chi connectivity index (χ3v) is 6.79. The largest absolute Gasteiger partial charge is 0.462 e. The summed E-state index contributed by atoms with van der Waals surface area (Å²) < 4.78 is 6.21. The number of rotatable bonds is 2. The van der Waals surface area contributed by atoms with Crippen molar-refractivity contribution in [1.29, 1.82) is 0 Å². The van der Waals surface area contributed by atoms with Gasteiger partial charge in [-0.3, -0.25) is 0 Å². The van der Waals surface area contributed by atoms with E-state index in [2.05, 4.69) is 52.5 Å². The highest BCUT2D eigenvalue weighted by Gasteiger charge is 2.36. The predicted octanol–water partition coefficient (Wildman–Crippen LogP) is 6.59. The first-order valence-corrected chi connectivity index (χ1v) is 10.5. The molecule has 0 fully saturated rings. The molecule has 0 saturated carbocycles. The van der Waals surface area contributed by atoms with E-state index in [4.69, 9.17) is 4.74 Å². The summed E-state index contributed by atoms with van der Waals surface area (Å²) in [6, 6.07) is 6.06. The van der Waals surface area contributed by atoms with E-state index in [9.17, 15) is 4.79 Å². The average Bonchev–Trinajstić information content (AvgIpc) is 3.02. The number of allylic oxidation sites excluding steroid dienone is 2. The highest BCUT2D eigenvalue weighted by atomic mass is 32.1. The highest BCUT2D eigenvalue weighted by Crippen LogP contribution is 2.48. The lowest BCUT2D eigenvalue weighted by Crippen LogP contribution is -2.29. The van der Waals surface area contributed by atoms with Crippen LogP contribution >= 0.6 is 11.3 Å². The minimum Gasteiger partial charge on any atom is -0.462 e. The molecular formula is C24H28O2S. The summed E-state index contributed by atoms with van der Waals surface area (Å²) in [5.41, 5.74) is 4.65. The van der Waals surface area contributed by atoms with Crippen LogP contribution < -0.4 is 0 Å². The summed E-state index contributed by atoms with van der Waals surface area (Å²) in [7, 11) is 0. The second kappa shape index (κ2) is 7.17. The summed E-state index contributed by atoms with van der Waals surface area (Å²) in [5.74, 6) is 6.61. The Bertz CT molecular complexity index is 977. The topological polar surface area (TPSA) is 26.3 Å². The SMILES string of the molecule is CCOC(=O)c1csc2cc(C#CC3=C(C)C(C)(C)CCC3(C)C)ccc12. The molecule has 0 saturated heterocycles. The molecule has 1 aromatic carbocycles. The molecule has 142 valence electrons. The van der Waals surface area contributed by atoms with Crippen molar-refractivity contribution in [2.24, 2.45) is 10.8 Å². The lowest BCUT2D eigenvalue weighted by molar-refractivity contribution is 0.0529. The summed E-state index contributed by atoms with van der Waals surface area (Å²) in [6.45, 7) is 13.7. The summed E-state index contributed by atoms with van der Waals surface area (Å²) >= 11 is 1.56. The average molecular weight is 381 g/mol. The van der Waals surface area contributed by atoms with E-state index >= 15 is 0 Å². The molecule has 0 unspecified atom stereocenters. The summed E-state index contributed by atoms with van der Waals surface area (Å²) in [4.78, 5) is 12.1. The maximum atomic E-state index is 12.1. The lowest BCUT2D eigenvalue weighted by Gasteiger charge is -2.40. The number of ether oxygens (including phenoxy) is 1. The molecule has 1 aromatic heterocycles. The monoisotopic (exact) mass is 380 g/mol. The Labute approximate surface area is 166 Å². The van der Waals surface area contributed by atoms with Gasteiger partial charge in [0.15, 0.2) is 0 Å². The van der Waals surface area contributed by atoms with Gasteiger partial charge in [0.25, 0.3) is 0 Å². The minimum atomic E-state index is -0.255. The zero-order valence-electron chi connectivity index (χ0n) is 17.2. The molecule has 0 spiro atoms. The number of esters is 1. The molecule has 1 heterocycles. The number of hydrogen-bond donors (Lipinski definition) is 0. The number of hydrogen-bond acceptors (Lipinski definition) is 3. The van der Waals surface area contributed by atoms with Crippen LogP contribution in [0.15, 0.2) is 34.7 Å². The van der Waals surface area contributed by atoms with Crippen LogP contribution in [0.3, 0.4) is 0 Å². The van der Waals surface area contributed by atoms with Gasteiger partial charge in [-0.1, -0.05) is 51.2 Å². The van der Waals surface area contributed by atoms with Gasteiger partial charge in [0.05, 0.1) is 12.2 Å². The molecule has 3 heteroatoms. The first-order valence-electron chi connectivity index (χ1n) is 9.58. The van der Waals surface area contributed by atoms with E-state index in [-0.39, 0.29) is 16.8 Å². The van der Waals surface area contributed by atoms with Crippen LogP contribution in [0.5, 0.6) is 0 Å². The Morgan fingerprint density at radius 2 is 1.85 bits per heavy atom. The van der Waals surface area contributed by atoms with Gasteiger partial charge >= 0.3 is 5.97 Å². The Kier molecular flexibility index (Phi) is 5.23. The molecule has 1 aliphatic rings. The molecule has 0 bridgehead atoms. The van der Waals surface area contributed by atoms with Gasteiger partial charge in [0.2, 0.25) is 0 Å². The maximum Gasteiger partial charge on any atom is 0.339 e. The molecule has 0 N–H and O–H groups in total. The van der Waals surface area contributed by atoms with Gasteiger partial charge in [0.1, 0.15) is 0 Å². The number of fused-ring (bicyclic) bond motifs is 1. The molecule has 3 rings (SSSR count). The first-order chi connectivity index (χ1) is 12.7. The summed E-state index contributed by atoms with van der Waals surface area (Å²) in [6.07, 6.45) is 2.36. The molecule has 2 aromatic rings. The molecule has 0 atom stereocenters. The van der Waals surface area contributed by atoms with E-state index in [1.54, 1.807) is 11.3 Å². The smallest absolute Gasteiger partial charge is 0.339 e. The molecule has 0 aliphatic heterocycles. The van der Waals surface area contributed by atoms with E-state index in [1.165, 1.54) is 17.6 Å². The molecule has 0 amide bonds. The highest BCUT2D eigenvalue weighted by molar-refractivity contribution is 7.17. The molecular weight excluding hydrogens is 352 g/mol. The van der Waals surface area contributed by atoms with Crippen molar-refractivity contribution in [3.8, 4) is 11.8 Å². The number of thiophene rings is 1. The predicted molar refractivity (Wildman–Crippen MR) is 114 cm³/mol. The van der Waals surface area contributed by atoms with Crippen LogP contribution in [0.1, 0.15) is 70.3 Å². The Morgan fingerprint density at radius 1 is 1.15 bits per heavy atom. The standard InChI is InChI=1S/C24H28O2S/c1-7-26-22(25)19-15-27-21-14-17(8-10-18(19)21)9-11-20-16(2)23(3,4)12-13-24(20,5)6/h8,10,14-15H,7,12-13H2,1-6H3. The van der Waals surface area contributed by atoms with Crippen molar-refractivity contribution in [3.63, 3.8) is 0 Å². The van der Waals surface area contributed by atoms with Crippen molar-refractivity contribution in [2.45, 2.75) is 54.4 Å². The van der Waals surface area contributed by atoms with E-state index in [0.717, 1.165) is 22.1 Å². The van der Waals surface area contributed by atoms with Gasteiger partial charge in [0, 0.05) is 26.6 Å². The summed E-state index contributed by atoms with van der Waals surface area (Å²) in [5, 5.41) is 2.82. The fraction of sp³-hybridized carbons (Fsp3) is 0.458. The van der Waals surface area contributed by atoms with Gasteiger partial charge in [-0.25, -0.2) is 4.79 Å². The Hall–Kier alpha value is -2.05. The third kappa shape index (κ3) is 3.82. The van der Waals surface area contributed by atoms with Crippen molar-refractivity contribution >= 4 is 27.4 Å². The van der Waals surface area contributed by atoms with Gasteiger partial charge in [-0.2, -0.15) is 0 Å². The molecule has 2 nitrogen and oxygen atoms in total. The van der Waals surface area contributed by atoms with Crippen molar-refractivity contribution in [3.05, 3.63) is 45.9 Å². The second-order valence-corrected chi connectivity index (χ2v) is 9.51. The van der Waals surface area contributed by atoms with E-state index < -0.39 is 0 Å². The van der Waals surface area contributed by atoms with Gasteiger partial charge in [-0.15, -0.1) is 11.3 Å². The van der Waals surface area contributed by atoms with Crippen LogP contribution in [0.2, 0.25) is 0 Å². The van der Waals surface area contributed by atoms with Crippen molar-refractivity contribution in [2.75, 3.05) is 6.61 Å². The van der Waals surface area contributed by atoms with Crippen LogP contribution in [0.4, 0.5) is 0 Å². The first kappa shape index (κ1) is 19.7. The van der Waals surface area contributed by atoms with Gasteiger partial charge in [-0.05, 0) is 49.7 Å². The molecule has 0 radical (unpaired) electrons.